The number of amides is 2. The number of para-hydroxylation sites is 1. The minimum absolute atomic E-state index is 0.146. The second-order valence-corrected chi connectivity index (χ2v) is 8.95. The van der Waals surface area contributed by atoms with Gasteiger partial charge in [0.1, 0.15) is 5.02 Å². The number of likely N-dealkylation sites (tertiary alicyclic amines) is 1. The van der Waals surface area contributed by atoms with Gasteiger partial charge in [-0.15, -0.1) is 0 Å². The molecule has 0 aliphatic carbocycles. The van der Waals surface area contributed by atoms with Crippen molar-refractivity contribution in [1.82, 2.24) is 20.0 Å². The SMILES string of the molecule is COCCN1C[C@@H](NC(=O)Nc2c(Cl)c(CCO)nn2-c2ccccc2)[C@H](c2ccc(F)c(F)c2)C1. The van der Waals surface area contributed by atoms with Crippen LogP contribution in [0.15, 0.2) is 48.5 Å². The summed E-state index contributed by atoms with van der Waals surface area (Å²) < 4.78 is 34.2. The summed E-state index contributed by atoms with van der Waals surface area (Å²) in [6.07, 6.45) is 0.226. The van der Waals surface area contributed by atoms with E-state index in [0.29, 0.717) is 43.2 Å². The van der Waals surface area contributed by atoms with Gasteiger partial charge < -0.3 is 15.2 Å². The zero-order chi connectivity index (χ0) is 25.7. The maximum absolute atomic E-state index is 14.0. The topological polar surface area (TPSA) is 91.7 Å². The van der Waals surface area contributed by atoms with Crippen LogP contribution in [0.2, 0.25) is 5.02 Å². The predicted octanol–water partition coefficient (Wildman–Crippen LogP) is 3.57. The highest BCUT2D eigenvalue weighted by atomic mass is 35.5. The number of nitrogens with one attached hydrogen (secondary N) is 2. The highest BCUT2D eigenvalue weighted by Gasteiger charge is 2.35. The molecule has 1 aliphatic rings. The van der Waals surface area contributed by atoms with Crippen molar-refractivity contribution < 1.29 is 23.4 Å². The number of hydrogen-bond donors (Lipinski definition) is 3. The largest absolute Gasteiger partial charge is 0.396 e. The molecule has 4 rings (SSSR count). The number of halogens is 3. The normalized spacial score (nSPS) is 17.9. The van der Waals surface area contributed by atoms with Crippen molar-refractivity contribution in [3.63, 3.8) is 0 Å². The third-order valence-corrected chi connectivity index (χ3v) is 6.57. The molecule has 1 saturated heterocycles. The molecule has 3 aromatic rings. The third-order valence-electron chi connectivity index (χ3n) is 6.17. The summed E-state index contributed by atoms with van der Waals surface area (Å²) in [4.78, 5) is 15.2. The number of methoxy groups -OCH3 is 1. The number of rotatable bonds is 9. The molecule has 1 aliphatic heterocycles. The van der Waals surface area contributed by atoms with E-state index in [-0.39, 0.29) is 35.8 Å². The van der Waals surface area contributed by atoms with Gasteiger partial charge in [-0.3, -0.25) is 10.2 Å². The first-order valence-corrected chi connectivity index (χ1v) is 12.0. The zero-order valence-electron chi connectivity index (χ0n) is 19.8. The van der Waals surface area contributed by atoms with Crippen LogP contribution in [0.5, 0.6) is 0 Å². The Morgan fingerprint density at radius 2 is 1.97 bits per heavy atom. The molecule has 0 radical (unpaired) electrons. The van der Waals surface area contributed by atoms with Gasteiger partial charge in [-0.1, -0.05) is 35.9 Å². The van der Waals surface area contributed by atoms with E-state index < -0.39 is 17.7 Å². The molecule has 2 amide bonds. The summed E-state index contributed by atoms with van der Waals surface area (Å²) >= 11 is 6.52. The van der Waals surface area contributed by atoms with E-state index in [4.69, 9.17) is 16.3 Å². The number of aliphatic hydroxyl groups is 1. The Labute approximate surface area is 212 Å². The van der Waals surface area contributed by atoms with Crippen LogP contribution >= 0.6 is 11.6 Å². The molecule has 0 saturated carbocycles. The van der Waals surface area contributed by atoms with Crippen LogP contribution in [0.3, 0.4) is 0 Å². The van der Waals surface area contributed by atoms with E-state index in [2.05, 4.69) is 20.6 Å². The van der Waals surface area contributed by atoms with Crippen LogP contribution in [-0.2, 0) is 11.2 Å². The summed E-state index contributed by atoms with van der Waals surface area (Å²) in [6, 6.07) is 12.1. The standard InChI is InChI=1S/C25H28ClF2N5O3/c1-36-12-10-32-14-18(16-7-8-19(27)20(28)13-16)22(15-32)29-25(35)30-24-23(26)21(9-11-34)31-33(24)17-5-3-2-4-6-17/h2-8,13,18,22,34H,9-12,14-15H2,1H3,(H2,29,30,35)/t18-,22+/m0/s1. The number of aliphatic hydroxyl groups excluding tert-OH is 1. The number of hydrogen-bond acceptors (Lipinski definition) is 5. The van der Waals surface area contributed by atoms with Crippen molar-refractivity contribution in [3.8, 4) is 5.69 Å². The molecular formula is C25H28ClF2N5O3. The van der Waals surface area contributed by atoms with Gasteiger partial charge in [0.15, 0.2) is 17.5 Å². The Morgan fingerprint density at radius 1 is 1.19 bits per heavy atom. The monoisotopic (exact) mass is 519 g/mol. The minimum atomic E-state index is -0.930. The summed E-state index contributed by atoms with van der Waals surface area (Å²) in [5, 5.41) is 19.8. The fourth-order valence-electron chi connectivity index (χ4n) is 4.40. The quantitative estimate of drug-likeness (QED) is 0.402. The number of carbonyl (C=O) groups is 1. The van der Waals surface area contributed by atoms with Gasteiger partial charge in [0.25, 0.3) is 0 Å². The third kappa shape index (κ3) is 5.84. The average molecular weight is 520 g/mol. The van der Waals surface area contributed by atoms with Crippen molar-refractivity contribution in [2.45, 2.75) is 18.4 Å². The van der Waals surface area contributed by atoms with Crippen molar-refractivity contribution in [2.75, 3.05) is 45.3 Å². The fourth-order valence-corrected chi connectivity index (χ4v) is 4.66. The Kier molecular flexibility index (Phi) is 8.52. The number of aromatic nitrogens is 2. The van der Waals surface area contributed by atoms with Crippen LogP contribution in [0.25, 0.3) is 5.69 Å². The molecule has 0 spiro atoms. The van der Waals surface area contributed by atoms with Crippen molar-refractivity contribution in [3.05, 3.63) is 76.4 Å². The molecule has 2 atom stereocenters. The maximum atomic E-state index is 14.0. The van der Waals surface area contributed by atoms with Gasteiger partial charge in [-0.05, 0) is 29.8 Å². The summed E-state index contributed by atoms with van der Waals surface area (Å²) in [6.45, 7) is 2.04. The molecule has 1 aromatic heterocycles. The van der Waals surface area contributed by atoms with E-state index in [0.717, 1.165) is 6.07 Å². The lowest BCUT2D eigenvalue weighted by Gasteiger charge is -2.21. The highest BCUT2D eigenvalue weighted by molar-refractivity contribution is 6.34. The average Bonchev–Trinajstić information content (AvgIpc) is 3.41. The lowest BCUT2D eigenvalue weighted by molar-refractivity contribution is 0.159. The van der Waals surface area contributed by atoms with E-state index >= 15 is 0 Å². The lowest BCUT2D eigenvalue weighted by Crippen LogP contribution is -2.42. The first-order valence-electron chi connectivity index (χ1n) is 11.6. The van der Waals surface area contributed by atoms with Crippen LogP contribution < -0.4 is 10.6 Å². The second kappa shape index (κ2) is 11.8. The van der Waals surface area contributed by atoms with Gasteiger partial charge in [0.05, 0.1) is 24.0 Å². The van der Waals surface area contributed by atoms with Gasteiger partial charge in [0.2, 0.25) is 0 Å². The van der Waals surface area contributed by atoms with Gasteiger partial charge in [0, 0.05) is 45.7 Å². The summed E-state index contributed by atoms with van der Waals surface area (Å²) in [5.41, 5.74) is 1.73. The lowest BCUT2D eigenvalue weighted by atomic mass is 9.94. The molecule has 2 heterocycles. The Morgan fingerprint density at radius 3 is 2.67 bits per heavy atom. The van der Waals surface area contributed by atoms with Crippen molar-refractivity contribution >= 4 is 23.4 Å². The smallest absolute Gasteiger partial charge is 0.320 e. The van der Waals surface area contributed by atoms with Crippen LogP contribution in [-0.4, -0.2) is 71.8 Å². The molecule has 36 heavy (non-hydrogen) atoms. The predicted molar refractivity (Wildman–Crippen MR) is 133 cm³/mol. The number of carbonyl (C=O) groups excluding carboxylic acids is 1. The van der Waals surface area contributed by atoms with Gasteiger partial charge >= 0.3 is 6.03 Å². The van der Waals surface area contributed by atoms with E-state index in [1.54, 1.807) is 7.11 Å². The minimum Gasteiger partial charge on any atom is -0.396 e. The Hall–Kier alpha value is -3.05. The number of nitrogens with zero attached hydrogens (tertiary/aromatic N) is 3. The molecule has 8 nitrogen and oxygen atoms in total. The van der Waals surface area contributed by atoms with Crippen LogP contribution in [0, 0.1) is 11.6 Å². The molecular weight excluding hydrogens is 492 g/mol. The van der Waals surface area contributed by atoms with E-state index in [1.165, 1.54) is 16.8 Å². The highest BCUT2D eigenvalue weighted by Crippen LogP contribution is 2.31. The van der Waals surface area contributed by atoms with Gasteiger partial charge in [-0.25, -0.2) is 18.3 Å². The maximum Gasteiger partial charge on any atom is 0.320 e. The van der Waals surface area contributed by atoms with Gasteiger partial charge in [-0.2, -0.15) is 5.10 Å². The fraction of sp³-hybridized carbons (Fsp3) is 0.360. The van der Waals surface area contributed by atoms with E-state index in [9.17, 15) is 18.7 Å². The molecule has 11 heteroatoms. The second-order valence-electron chi connectivity index (χ2n) is 8.57. The molecule has 192 valence electrons. The molecule has 0 bridgehead atoms. The number of anilines is 1. The van der Waals surface area contributed by atoms with Crippen molar-refractivity contribution in [1.29, 1.82) is 0 Å². The first-order chi connectivity index (χ1) is 17.4. The molecule has 0 unspecified atom stereocenters. The number of benzene rings is 2. The summed E-state index contributed by atoms with van der Waals surface area (Å²) in [5.74, 6) is -1.84. The Balaban J connectivity index is 1.56. The Bertz CT molecular complexity index is 1190. The number of ether oxygens (including phenoxy) is 1. The number of urea groups is 1. The van der Waals surface area contributed by atoms with Crippen molar-refractivity contribution in [2.24, 2.45) is 0 Å². The van der Waals surface area contributed by atoms with Crippen LogP contribution in [0.4, 0.5) is 19.4 Å². The zero-order valence-corrected chi connectivity index (χ0v) is 20.5. The summed E-state index contributed by atoms with van der Waals surface area (Å²) in [7, 11) is 1.61. The van der Waals surface area contributed by atoms with E-state index in [1.807, 2.05) is 30.3 Å². The first kappa shape index (κ1) is 26.0. The van der Waals surface area contributed by atoms with Crippen LogP contribution in [0.1, 0.15) is 17.2 Å². The molecule has 1 fully saturated rings. The molecule has 3 N–H and O–H groups in total. The molecule has 2 aromatic carbocycles.